The minimum Gasteiger partial charge on any atom is -0.494 e. The topological polar surface area (TPSA) is 47.0 Å². The average Bonchev–Trinajstić information content (AvgIpc) is 2.42. The molecule has 100 valence electrons. The van der Waals surface area contributed by atoms with Crippen molar-refractivity contribution in [3.63, 3.8) is 0 Å². The van der Waals surface area contributed by atoms with Gasteiger partial charge < -0.3 is 10.1 Å². The molecule has 0 unspecified atom stereocenters. The monoisotopic (exact) mass is 261 g/mol. The Balaban J connectivity index is 1.88. The van der Waals surface area contributed by atoms with E-state index in [1.807, 2.05) is 6.92 Å². The lowest BCUT2D eigenvalue weighted by atomic mass is 10.1. The molecule has 0 atom stereocenters. The molecule has 4 nitrogen and oxygen atoms in total. The van der Waals surface area contributed by atoms with Gasteiger partial charge in [0.15, 0.2) is 5.75 Å². The van der Waals surface area contributed by atoms with Crippen molar-refractivity contribution in [1.29, 1.82) is 0 Å². The molecule has 0 fully saturated rings. The molecule has 1 aromatic carbocycles. The number of nitrogens with zero attached hydrogens (tertiary/aromatic N) is 2. The SMILES string of the molecule is COc1cnc(NCCc2ccc(F)cc2C)nc1. The largest absolute Gasteiger partial charge is 0.494 e. The molecule has 1 N–H and O–H groups in total. The number of halogens is 1. The summed E-state index contributed by atoms with van der Waals surface area (Å²) in [5.74, 6) is 0.980. The van der Waals surface area contributed by atoms with Crippen LogP contribution in [0.4, 0.5) is 10.3 Å². The number of rotatable bonds is 5. The third kappa shape index (κ3) is 3.64. The molecular formula is C14H16FN3O. The first-order valence-corrected chi connectivity index (χ1v) is 6.04. The molecule has 0 spiro atoms. The zero-order valence-electron chi connectivity index (χ0n) is 11.0. The van der Waals surface area contributed by atoms with E-state index < -0.39 is 0 Å². The number of aryl methyl sites for hydroxylation is 1. The van der Waals surface area contributed by atoms with Crippen molar-refractivity contribution in [2.45, 2.75) is 13.3 Å². The second-order valence-electron chi connectivity index (χ2n) is 4.19. The minimum absolute atomic E-state index is 0.201. The summed E-state index contributed by atoms with van der Waals surface area (Å²) in [6.07, 6.45) is 4.01. The normalized spacial score (nSPS) is 10.3. The third-order valence-corrected chi connectivity index (χ3v) is 2.85. The molecule has 0 amide bonds. The highest BCUT2D eigenvalue weighted by Gasteiger charge is 2.01. The first kappa shape index (κ1) is 13.3. The highest BCUT2D eigenvalue weighted by Crippen LogP contribution is 2.11. The van der Waals surface area contributed by atoms with Crippen LogP contribution in [0.25, 0.3) is 0 Å². The molecular weight excluding hydrogens is 245 g/mol. The van der Waals surface area contributed by atoms with Crippen LogP contribution in [0, 0.1) is 12.7 Å². The van der Waals surface area contributed by atoms with Crippen LogP contribution in [-0.4, -0.2) is 23.6 Å². The third-order valence-electron chi connectivity index (χ3n) is 2.85. The van der Waals surface area contributed by atoms with Crippen molar-refractivity contribution in [2.75, 3.05) is 19.0 Å². The van der Waals surface area contributed by atoms with Crippen molar-refractivity contribution in [1.82, 2.24) is 9.97 Å². The van der Waals surface area contributed by atoms with E-state index in [9.17, 15) is 4.39 Å². The number of anilines is 1. The molecule has 0 bridgehead atoms. The van der Waals surface area contributed by atoms with Gasteiger partial charge in [0.25, 0.3) is 0 Å². The zero-order valence-corrected chi connectivity index (χ0v) is 11.0. The van der Waals surface area contributed by atoms with Gasteiger partial charge in [0.1, 0.15) is 5.82 Å². The quantitative estimate of drug-likeness (QED) is 0.898. The van der Waals surface area contributed by atoms with E-state index in [1.165, 1.54) is 6.07 Å². The van der Waals surface area contributed by atoms with E-state index in [1.54, 1.807) is 31.6 Å². The zero-order chi connectivity index (χ0) is 13.7. The van der Waals surface area contributed by atoms with Gasteiger partial charge in [0.2, 0.25) is 5.95 Å². The summed E-state index contributed by atoms with van der Waals surface area (Å²) in [5.41, 5.74) is 2.07. The molecule has 2 rings (SSSR count). The number of hydrogen-bond acceptors (Lipinski definition) is 4. The van der Waals surface area contributed by atoms with Crippen molar-refractivity contribution in [2.24, 2.45) is 0 Å². The maximum atomic E-state index is 13.0. The Morgan fingerprint density at radius 1 is 1.26 bits per heavy atom. The lowest BCUT2D eigenvalue weighted by Crippen LogP contribution is -2.08. The number of benzene rings is 1. The summed E-state index contributed by atoms with van der Waals surface area (Å²) in [6.45, 7) is 2.60. The molecule has 19 heavy (non-hydrogen) atoms. The number of hydrogen-bond donors (Lipinski definition) is 1. The van der Waals surface area contributed by atoms with Crippen LogP contribution in [0.3, 0.4) is 0 Å². The van der Waals surface area contributed by atoms with Crippen molar-refractivity contribution in [3.05, 3.63) is 47.5 Å². The highest BCUT2D eigenvalue weighted by molar-refractivity contribution is 5.30. The van der Waals surface area contributed by atoms with Crippen molar-refractivity contribution < 1.29 is 9.13 Å². The number of methoxy groups -OCH3 is 1. The van der Waals surface area contributed by atoms with Crippen LogP contribution in [0.5, 0.6) is 5.75 Å². The van der Waals surface area contributed by atoms with Crippen LogP contribution in [0.15, 0.2) is 30.6 Å². The fourth-order valence-electron chi connectivity index (χ4n) is 1.76. The first-order chi connectivity index (χ1) is 9.19. The fourth-order valence-corrected chi connectivity index (χ4v) is 1.76. The van der Waals surface area contributed by atoms with Crippen LogP contribution in [0.1, 0.15) is 11.1 Å². The summed E-state index contributed by atoms with van der Waals surface area (Å²) < 4.78 is 17.9. The van der Waals surface area contributed by atoms with E-state index >= 15 is 0 Å². The second kappa shape index (κ2) is 6.13. The van der Waals surface area contributed by atoms with Gasteiger partial charge in [-0.1, -0.05) is 6.07 Å². The second-order valence-corrected chi connectivity index (χ2v) is 4.19. The van der Waals surface area contributed by atoms with Gasteiger partial charge in [-0.3, -0.25) is 0 Å². The molecule has 0 aliphatic carbocycles. The minimum atomic E-state index is -0.201. The Hall–Kier alpha value is -2.17. The molecule has 5 heteroatoms. The van der Waals surface area contributed by atoms with Gasteiger partial charge in [-0.2, -0.15) is 0 Å². The smallest absolute Gasteiger partial charge is 0.222 e. The Morgan fingerprint density at radius 3 is 2.63 bits per heavy atom. The molecule has 1 heterocycles. The Kier molecular flexibility index (Phi) is 4.28. The van der Waals surface area contributed by atoms with E-state index in [0.29, 0.717) is 18.2 Å². The van der Waals surface area contributed by atoms with Gasteiger partial charge in [-0.15, -0.1) is 0 Å². The van der Waals surface area contributed by atoms with Gasteiger partial charge in [0.05, 0.1) is 19.5 Å². The maximum absolute atomic E-state index is 13.0. The molecule has 0 saturated heterocycles. The van der Waals surface area contributed by atoms with Gasteiger partial charge >= 0.3 is 0 Å². The predicted octanol–water partition coefficient (Wildman–Crippen LogP) is 2.59. The molecule has 0 aliphatic heterocycles. The van der Waals surface area contributed by atoms with Crippen LogP contribution in [-0.2, 0) is 6.42 Å². The standard InChI is InChI=1S/C14H16FN3O/c1-10-7-12(15)4-3-11(10)5-6-16-14-17-8-13(19-2)9-18-14/h3-4,7-9H,5-6H2,1-2H3,(H,16,17,18). The Bertz CT molecular complexity index is 543. The number of aromatic nitrogens is 2. The summed E-state index contributed by atoms with van der Waals surface area (Å²) in [7, 11) is 1.57. The molecule has 0 aliphatic rings. The van der Waals surface area contributed by atoms with E-state index in [2.05, 4.69) is 15.3 Å². The van der Waals surface area contributed by atoms with Crippen molar-refractivity contribution >= 4 is 5.95 Å². The van der Waals surface area contributed by atoms with Crippen LogP contribution >= 0.6 is 0 Å². The summed E-state index contributed by atoms with van der Waals surface area (Å²) >= 11 is 0. The fraction of sp³-hybridized carbons (Fsp3) is 0.286. The molecule has 1 aromatic heterocycles. The van der Waals surface area contributed by atoms with Crippen LogP contribution < -0.4 is 10.1 Å². The molecule has 0 radical (unpaired) electrons. The van der Waals surface area contributed by atoms with Crippen LogP contribution in [0.2, 0.25) is 0 Å². The van der Waals surface area contributed by atoms with Gasteiger partial charge in [-0.25, -0.2) is 14.4 Å². The molecule has 2 aromatic rings. The summed E-state index contributed by atoms with van der Waals surface area (Å²) in [5, 5.41) is 3.11. The predicted molar refractivity (Wildman–Crippen MR) is 71.9 cm³/mol. The van der Waals surface area contributed by atoms with E-state index in [4.69, 9.17) is 4.74 Å². The average molecular weight is 261 g/mol. The molecule has 0 saturated carbocycles. The highest BCUT2D eigenvalue weighted by atomic mass is 19.1. The summed E-state index contributed by atoms with van der Waals surface area (Å²) in [6, 6.07) is 4.83. The lowest BCUT2D eigenvalue weighted by molar-refractivity contribution is 0.411. The number of ether oxygens (including phenoxy) is 1. The van der Waals surface area contributed by atoms with E-state index in [0.717, 1.165) is 17.5 Å². The maximum Gasteiger partial charge on any atom is 0.222 e. The van der Waals surface area contributed by atoms with E-state index in [-0.39, 0.29) is 5.82 Å². The summed E-state index contributed by atoms with van der Waals surface area (Å²) in [4.78, 5) is 8.22. The van der Waals surface area contributed by atoms with Gasteiger partial charge in [0, 0.05) is 6.54 Å². The van der Waals surface area contributed by atoms with Crippen molar-refractivity contribution in [3.8, 4) is 5.75 Å². The van der Waals surface area contributed by atoms with Gasteiger partial charge in [-0.05, 0) is 36.6 Å². The lowest BCUT2D eigenvalue weighted by Gasteiger charge is -2.07. The Labute approximate surface area is 111 Å². The Morgan fingerprint density at radius 2 is 2.00 bits per heavy atom. The number of nitrogens with one attached hydrogen (secondary N) is 1. The first-order valence-electron chi connectivity index (χ1n) is 6.04.